The van der Waals surface area contributed by atoms with E-state index in [1.165, 1.54) is 50.2 Å². The zero-order valence-corrected chi connectivity index (χ0v) is 12.3. The van der Waals surface area contributed by atoms with Crippen LogP contribution in [0.5, 0.6) is 0 Å². The number of nitrogens with zero attached hydrogens (tertiary/aromatic N) is 1. The summed E-state index contributed by atoms with van der Waals surface area (Å²) >= 11 is 7.75. The predicted octanol–water partition coefficient (Wildman–Crippen LogP) is 3.37. The molecule has 1 aromatic heterocycles. The van der Waals surface area contributed by atoms with Gasteiger partial charge in [-0.2, -0.15) is 0 Å². The van der Waals surface area contributed by atoms with E-state index in [0.717, 1.165) is 22.8 Å². The van der Waals surface area contributed by atoms with Gasteiger partial charge < -0.3 is 5.32 Å². The second-order valence-corrected chi connectivity index (χ2v) is 7.38. The van der Waals surface area contributed by atoms with Crippen LogP contribution in [-0.4, -0.2) is 30.6 Å². The van der Waals surface area contributed by atoms with Crippen LogP contribution in [0.15, 0.2) is 12.1 Å². The van der Waals surface area contributed by atoms with Crippen LogP contribution >= 0.6 is 22.9 Å². The van der Waals surface area contributed by atoms with E-state index in [0.29, 0.717) is 0 Å². The molecule has 1 aromatic rings. The number of hydrogen-bond donors (Lipinski definition) is 1. The van der Waals surface area contributed by atoms with Gasteiger partial charge in [-0.15, -0.1) is 11.3 Å². The number of piperidine rings is 1. The van der Waals surface area contributed by atoms with Gasteiger partial charge in [-0.3, -0.25) is 4.90 Å². The normalized spacial score (nSPS) is 24.7. The lowest BCUT2D eigenvalue weighted by atomic mass is 9.99. The molecule has 1 aliphatic carbocycles. The molecule has 100 valence electrons. The summed E-state index contributed by atoms with van der Waals surface area (Å²) in [5.74, 6) is 0.842. The summed E-state index contributed by atoms with van der Waals surface area (Å²) in [6, 6.07) is 5.05. The van der Waals surface area contributed by atoms with E-state index >= 15 is 0 Å². The molecule has 18 heavy (non-hydrogen) atoms. The van der Waals surface area contributed by atoms with E-state index in [9.17, 15) is 0 Å². The van der Waals surface area contributed by atoms with Crippen molar-refractivity contribution in [2.45, 2.75) is 38.3 Å². The number of nitrogens with one attached hydrogen (secondary N) is 1. The van der Waals surface area contributed by atoms with Gasteiger partial charge in [0.25, 0.3) is 0 Å². The van der Waals surface area contributed by atoms with Crippen molar-refractivity contribution in [2.24, 2.45) is 5.92 Å². The van der Waals surface area contributed by atoms with Crippen molar-refractivity contribution in [3.63, 3.8) is 0 Å². The molecular weight excluding hydrogens is 264 g/mol. The molecule has 3 rings (SSSR count). The van der Waals surface area contributed by atoms with Gasteiger partial charge in [0, 0.05) is 24.0 Å². The quantitative estimate of drug-likeness (QED) is 0.892. The zero-order valence-electron chi connectivity index (χ0n) is 10.7. The predicted molar refractivity (Wildman–Crippen MR) is 78.4 cm³/mol. The molecule has 1 atom stereocenters. The van der Waals surface area contributed by atoms with Crippen LogP contribution in [0, 0.1) is 5.92 Å². The fraction of sp³-hybridized carbons (Fsp3) is 0.714. The molecule has 2 aliphatic rings. The summed E-state index contributed by atoms with van der Waals surface area (Å²) in [5.41, 5.74) is 0. The van der Waals surface area contributed by atoms with E-state index < -0.39 is 0 Å². The van der Waals surface area contributed by atoms with Crippen molar-refractivity contribution in [3.05, 3.63) is 21.3 Å². The maximum atomic E-state index is 6.02. The topological polar surface area (TPSA) is 15.3 Å². The van der Waals surface area contributed by atoms with Crippen LogP contribution in [0.4, 0.5) is 0 Å². The first kappa shape index (κ1) is 12.9. The highest BCUT2D eigenvalue weighted by molar-refractivity contribution is 7.16. The summed E-state index contributed by atoms with van der Waals surface area (Å²) in [5, 5.41) is 3.52. The van der Waals surface area contributed by atoms with Gasteiger partial charge in [-0.1, -0.05) is 11.6 Å². The van der Waals surface area contributed by atoms with Crippen LogP contribution in [0.25, 0.3) is 0 Å². The Morgan fingerprint density at radius 1 is 1.33 bits per heavy atom. The second kappa shape index (κ2) is 5.91. The Bertz CT molecular complexity index is 383. The maximum absolute atomic E-state index is 6.02. The van der Waals surface area contributed by atoms with E-state index in [1.54, 1.807) is 11.3 Å². The monoisotopic (exact) mass is 284 g/mol. The van der Waals surface area contributed by atoms with E-state index in [4.69, 9.17) is 11.6 Å². The Kier molecular flexibility index (Phi) is 4.24. The van der Waals surface area contributed by atoms with Gasteiger partial charge in [-0.05, 0) is 56.8 Å². The van der Waals surface area contributed by atoms with Gasteiger partial charge in [0.1, 0.15) is 0 Å². The van der Waals surface area contributed by atoms with E-state index in [1.807, 2.05) is 6.07 Å². The summed E-state index contributed by atoms with van der Waals surface area (Å²) in [4.78, 5) is 4.09. The number of rotatable bonds is 5. The first-order chi connectivity index (χ1) is 8.81. The van der Waals surface area contributed by atoms with Gasteiger partial charge in [0.05, 0.1) is 4.34 Å². The highest BCUT2D eigenvalue weighted by atomic mass is 35.5. The van der Waals surface area contributed by atoms with Crippen molar-refractivity contribution in [1.82, 2.24) is 10.2 Å². The molecule has 2 nitrogen and oxygen atoms in total. The standard InChI is InChI=1S/C14H21ClN2S/c15-14-6-5-13(18-14)10-17(12-3-4-12)9-11-2-1-7-16-8-11/h5-6,11-12,16H,1-4,7-10H2. The molecule has 1 N–H and O–H groups in total. The number of halogens is 1. The van der Waals surface area contributed by atoms with Gasteiger partial charge in [0.15, 0.2) is 0 Å². The van der Waals surface area contributed by atoms with Crippen LogP contribution in [-0.2, 0) is 6.54 Å². The van der Waals surface area contributed by atoms with Crippen molar-refractivity contribution < 1.29 is 0 Å². The van der Waals surface area contributed by atoms with Gasteiger partial charge >= 0.3 is 0 Å². The first-order valence-electron chi connectivity index (χ1n) is 7.00. The molecule has 2 heterocycles. The Hall–Kier alpha value is -0.0900. The molecule has 0 bridgehead atoms. The first-order valence-corrected chi connectivity index (χ1v) is 8.19. The smallest absolute Gasteiger partial charge is 0.0931 e. The fourth-order valence-corrected chi connectivity index (χ4v) is 3.94. The van der Waals surface area contributed by atoms with Crippen LogP contribution in [0.2, 0.25) is 4.34 Å². The number of thiophene rings is 1. The van der Waals surface area contributed by atoms with Gasteiger partial charge in [-0.25, -0.2) is 0 Å². The third-order valence-corrected chi connectivity index (χ3v) is 5.16. The van der Waals surface area contributed by atoms with Crippen molar-refractivity contribution in [3.8, 4) is 0 Å². The minimum atomic E-state index is 0.841. The molecule has 0 amide bonds. The van der Waals surface area contributed by atoms with Crippen molar-refractivity contribution in [1.29, 1.82) is 0 Å². The Morgan fingerprint density at radius 3 is 2.83 bits per heavy atom. The Labute approximate surface area is 118 Å². The zero-order chi connectivity index (χ0) is 12.4. The lowest BCUT2D eigenvalue weighted by Gasteiger charge is -2.30. The Balaban J connectivity index is 1.57. The molecule has 4 heteroatoms. The molecular formula is C14H21ClN2S. The van der Waals surface area contributed by atoms with Crippen LogP contribution < -0.4 is 5.32 Å². The third kappa shape index (κ3) is 3.47. The highest BCUT2D eigenvalue weighted by Gasteiger charge is 2.31. The Morgan fingerprint density at radius 2 is 2.22 bits per heavy atom. The molecule has 0 spiro atoms. The second-order valence-electron chi connectivity index (χ2n) is 5.58. The van der Waals surface area contributed by atoms with Crippen LogP contribution in [0.3, 0.4) is 0 Å². The minimum absolute atomic E-state index is 0.841. The average molecular weight is 285 g/mol. The fourth-order valence-electron chi connectivity index (χ4n) is 2.83. The third-order valence-electron chi connectivity index (χ3n) is 3.94. The van der Waals surface area contributed by atoms with E-state index in [2.05, 4.69) is 16.3 Å². The molecule has 1 aliphatic heterocycles. The van der Waals surface area contributed by atoms with E-state index in [-0.39, 0.29) is 0 Å². The molecule has 2 fully saturated rings. The SMILES string of the molecule is Clc1ccc(CN(CC2CCCNC2)C2CC2)s1. The van der Waals surface area contributed by atoms with Crippen LogP contribution in [0.1, 0.15) is 30.6 Å². The molecule has 1 saturated heterocycles. The van der Waals surface area contributed by atoms with Crippen molar-refractivity contribution >= 4 is 22.9 Å². The summed E-state index contributed by atoms with van der Waals surface area (Å²) in [6.07, 6.45) is 5.51. The molecule has 0 aromatic carbocycles. The lowest BCUT2D eigenvalue weighted by molar-refractivity contribution is 0.194. The summed E-state index contributed by atoms with van der Waals surface area (Å²) < 4.78 is 0.917. The molecule has 1 saturated carbocycles. The van der Waals surface area contributed by atoms with Gasteiger partial charge in [0.2, 0.25) is 0 Å². The summed E-state index contributed by atoms with van der Waals surface area (Å²) in [7, 11) is 0. The highest BCUT2D eigenvalue weighted by Crippen LogP contribution is 2.32. The summed E-state index contributed by atoms with van der Waals surface area (Å²) in [6.45, 7) is 4.76. The minimum Gasteiger partial charge on any atom is -0.316 e. The molecule has 0 radical (unpaired) electrons. The number of hydrogen-bond acceptors (Lipinski definition) is 3. The average Bonchev–Trinajstić information content (AvgIpc) is 3.15. The van der Waals surface area contributed by atoms with Crippen molar-refractivity contribution in [2.75, 3.05) is 19.6 Å². The maximum Gasteiger partial charge on any atom is 0.0931 e. The lowest BCUT2D eigenvalue weighted by Crippen LogP contribution is -2.38. The largest absolute Gasteiger partial charge is 0.316 e. The molecule has 1 unspecified atom stereocenters.